The molecule has 0 aliphatic carbocycles. The smallest absolute Gasteiger partial charge is 0.258 e. The maximum atomic E-state index is 12.6. The Hall–Kier alpha value is -3.46. The molecule has 2 aromatic carbocycles. The molecule has 0 spiro atoms. The molecule has 0 saturated carbocycles. The van der Waals surface area contributed by atoms with Crippen LogP contribution in [0.4, 0.5) is 5.69 Å². The number of aromatic nitrogens is 1. The number of nitrogens with one attached hydrogen (secondary N) is 3. The van der Waals surface area contributed by atoms with Gasteiger partial charge in [-0.2, -0.15) is 0 Å². The molecule has 9 heteroatoms. The summed E-state index contributed by atoms with van der Waals surface area (Å²) in [5.41, 5.74) is 8.36. The summed E-state index contributed by atoms with van der Waals surface area (Å²) in [7, 11) is -3.55. The second-order valence-electron chi connectivity index (χ2n) is 6.31. The van der Waals surface area contributed by atoms with Crippen molar-refractivity contribution < 1.29 is 13.2 Å². The molecule has 1 amide bonds. The van der Waals surface area contributed by atoms with Crippen LogP contribution in [0, 0.1) is 12.3 Å². The summed E-state index contributed by atoms with van der Waals surface area (Å²) in [6, 6.07) is 14.0. The summed E-state index contributed by atoms with van der Waals surface area (Å²) >= 11 is 0. The molecule has 0 saturated heterocycles. The van der Waals surface area contributed by atoms with Crippen LogP contribution in [0.25, 0.3) is 22.2 Å². The number of nitrogens with zero attached hydrogens (tertiary/aromatic N) is 1. The number of carbonyl (C=O) groups excluding carboxylic acids is 1. The van der Waals surface area contributed by atoms with Gasteiger partial charge in [-0.25, -0.2) is 13.4 Å². The minimum Gasteiger partial charge on any atom is -0.370 e. The zero-order valence-corrected chi connectivity index (χ0v) is 16.1. The van der Waals surface area contributed by atoms with Gasteiger partial charge in [0.05, 0.1) is 28.7 Å². The maximum absolute atomic E-state index is 12.6. The molecular formula is C19H19N5O3S. The minimum atomic E-state index is -3.55. The average Bonchev–Trinajstić information content (AvgIpc) is 2.60. The van der Waals surface area contributed by atoms with Crippen molar-refractivity contribution in [3.05, 3.63) is 59.7 Å². The van der Waals surface area contributed by atoms with Gasteiger partial charge in [0.25, 0.3) is 5.91 Å². The molecule has 3 rings (SSSR count). The number of amides is 1. The van der Waals surface area contributed by atoms with E-state index in [0.717, 1.165) is 17.4 Å². The predicted molar refractivity (Wildman–Crippen MR) is 110 cm³/mol. The van der Waals surface area contributed by atoms with Crippen LogP contribution in [0.15, 0.2) is 48.5 Å². The second-order valence-corrected chi connectivity index (χ2v) is 8.06. The first kappa shape index (κ1) is 19.3. The third-order valence-corrected chi connectivity index (χ3v) is 4.64. The summed E-state index contributed by atoms with van der Waals surface area (Å²) in [6.07, 6.45) is 1.04. The molecule has 0 unspecified atom stereocenters. The third kappa shape index (κ3) is 4.09. The van der Waals surface area contributed by atoms with Crippen molar-refractivity contribution in [2.24, 2.45) is 5.73 Å². The molecular weight excluding hydrogens is 378 g/mol. The normalized spacial score (nSPS) is 11.2. The van der Waals surface area contributed by atoms with Gasteiger partial charge in [-0.15, -0.1) is 0 Å². The Labute approximate surface area is 162 Å². The molecule has 1 heterocycles. The Kier molecular flexibility index (Phi) is 5.02. The van der Waals surface area contributed by atoms with Crippen LogP contribution in [-0.4, -0.2) is 31.5 Å². The molecule has 0 aliphatic heterocycles. The maximum Gasteiger partial charge on any atom is 0.258 e. The molecule has 3 aromatic rings. The van der Waals surface area contributed by atoms with Crippen LogP contribution < -0.4 is 15.8 Å². The number of para-hydroxylation sites is 1. The number of benzene rings is 2. The van der Waals surface area contributed by atoms with Crippen molar-refractivity contribution in [1.29, 1.82) is 5.41 Å². The van der Waals surface area contributed by atoms with Crippen LogP contribution in [-0.2, 0) is 10.0 Å². The van der Waals surface area contributed by atoms with E-state index in [-0.39, 0.29) is 11.3 Å². The lowest BCUT2D eigenvalue weighted by Gasteiger charge is -2.14. The Bertz CT molecular complexity index is 1210. The van der Waals surface area contributed by atoms with Gasteiger partial charge in [0.1, 0.15) is 0 Å². The van der Waals surface area contributed by atoms with Gasteiger partial charge >= 0.3 is 0 Å². The molecule has 0 fully saturated rings. The minimum absolute atomic E-state index is 0.232. The molecule has 0 atom stereocenters. The monoisotopic (exact) mass is 397 g/mol. The number of rotatable bonds is 4. The van der Waals surface area contributed by atoms with Crippen molar-refractivity contribution in [3.63, 3.8) is 0 Å². The quantitative estimate of drug-likeness (QED) is 0.395. The summed E-state index contributed by atoms with van der Waals surface area (Å²) in [5, 5.41) is 10.0. The number of sulfonamides is 1. The Morgan fingerprint density at radius 2 is 1.86 bits per heavy atom. The van der Waals surface area contributed by atoms with E-state index in [4.69, 9.17) is 11.1 Å². The van der Waals surface area contributed by atoms with E-state index in [9.17, 15) is 13.2 Å². The molecule has 28 heavy (non-hydrogen) atoms. The van der Waals surface area contributed by atoms with Crippen molar-refractivity contribution >= 4 is 38.5 Å². The van der Waals surface area contributed by atoms with Crippen LogP contribution in [0.5, 0.6) is 0 Å². The van der Waals surface area contributed by atoms with E-state index in [1.54, 1.807) is 24.3 Å². The van der Waals surface area contributed by atoms with E-state index >= 15 is 0 Å². The highest BCUT2D eigenvalue weighted by atomic mass is 32.2. The van der Waals surface area contributed by atoms with Gasteiger partial charge in [0.15, 0.2) is 5.96 Å². The lowest BCUT2D eigenvalue weighted by Crippen LogP contribution is -2.35. The number of hydrogen-bond acceptors (Lipinski definition) is 5. The first-order valence-electron chi connectivity index (χ1n) is 8.28. The molecule has 0 aliphatic rings. The molecule has 0 radical (unpaired) electrons. The fourth-order valence-corrected chi connectivity index (χ4v) is 3.47. The fourth-order valence-electron chi connectivity index (χ4n) is 2.91. The Balaban J connectivity index is 2.33. The van der Waals surface area contributed by atoms with Crippen molar-refractivity contribution in [2.75, 3.05) is 11.0 Å². The molecule has 8 nitrogen and oxygen atoms in total. The van der Waals surface area contributed by atoms with Gasteiger partial charge in [-0.3, -0.25) is 20.2 Å². The number of hydrogen-bond donors (Lipinski definition) is 4. The number of anilines is 1. The summed E-state index contributed by atoms with van der Waals surface area (Å²) < 4.78 is 25.9. The van der Waals surface area contributed by atoms with Crippen LogP contribution in [0.1, 0.15) is 15.9 Å². The van der Waals surface area contributed by atoms with Crippen LogP contribution in [0.3, 0.4) is 0 Å². The van der Waals surface area contributed by atoms with E-state index in [0.29, 0.717) is 16.6 Å². The average molecular weight is 397 g/mol. The summed E-state index contributed by atoms with van der Waals surface area (Å²) in [5.74, 6) is -1.07. The lowest BCUT2D eigenvalue weighted by molar-refractivity contribution is 0.0978. The molecule has 144 valence electrons. The number of guanidine groups is 1. The van der Waals surface area contributed by atoms with E-state index in [1.165, 1.54) is 0 Å². The third-order valence-electron chi connectivity index (χ3n) is 4.05. The van der Waals surface area contributed by atoms with Gasteiger partial charge in [0, 0.05) is 10.9 Å². The zero-order chi connectivity index (χ0) is 20.5. The van der Waals surface area contributed by atoms with E-state index < -0.39 is 21.9 Å². The molecule has 0 bridgehead atoms. The van der Waals surface area contributed by atoms with Crippen molar-refractivity contribution in [1.82, 2.24) is 10.3 Å². The van der Waals surface area contributed by atoms with Gasteiger partial charge in [0.2, 0.25) is 10.0 Å². The number of pyridine rings is 1. The Morgan fingerprint density at radius 1 is 1.14 bits per heavy atom. The van der Waals surface area contributed by atoms with Gasteiger partial charge in [-0.05, 0) is 24.6 Å². The number of carbonyl (C=O) groups is 1. The SMILES string of the molecule is Cc1ccccc1-c1cc(C(=O)NC(=N)N)c2cccc(NS(C)(=O)=O)c2n1. The van der Waals surface area contributed by atoms with E-state index in [2.05, 4.69) is 15.0 Å². The molecule has 1 aromatic heterocycles. The number of aryl methyl sites for hydroxylation is 1. The summed E-state index contributed by atoms with van der Waals surface area (Å²) in [4.78, 5) is 17.3. The number of fused-ring (bicyclic) bond motifs is 1. The van der Waals surface area contributed by atoms with Crippen molar-refractivity contribution in [3.8, 4) is 11.3 Å². The topological polar surface area (TPSA) is 138 Å². The highest BCUT2D eigenvalue weighted by Gasteiger charge is 2.18. The van der Waals surface area contributed by atoms with Gasteiger partial charge in [-0.1, -0.05) is 36.4 Å². The van der Waals surface area contributed by atoms with Crippen molar-refractivity contribution in [2.45, 2.75) is 6.92 Å². The first-order chi connectivity index (χ1) is 13.2. The lowest BCUT2D eigenvalue weighted by atomic mass is 10.0. The summed E-state index contributed by atoms with van der Waals surface area (Å²) in [6.45, 7) is 1.91. The zero-order valence-electron chi connectivity index (χ0n) is 15.3. The Morgan fingerprint density at radius 3 is 2.50 bits per heavy atom. The van der Waals surface area contributed by atoms with Crippen LogP contribution >= 0.6 is 0 Å². The predicted octanol–water partition coefficient (Wildman–Crippen LogP) is 2.20. The fraction of sp³-hybridized carbons (Fsp3) is 0.105. The second kappa shape index (κ2) is 7.28. The van der Waals surface area contributed by atoms with Gasteiger partial charge < -0.3 is 5.73 Å². The van der Waals surface area contributed by atoms with E-state index in [1.807, 2.05) is 31.2 Å². The largest absolute Gasteiger partial charge is 0.370 e. The standard InChI is InChI=1S/C19H19N5O3S/c1-11-6-3-4-7-12(11)16-10-14(18(25)23-19(20)21)13-8-5-9-15(17(13)22-16)24-28(2,26)27/h3-10,24H,1-2H3,(H4,20,21,23,25). The highest BCUT2D eigenvalue weighted by Crippen LogP contribution is 2.31. The molecule has 5 N–H and O–H groups in total. The highest BCUT2D eigenvalue weighted by molar-refractivity contribution is 7.92. The van der Waals surface area contributed by atoms with Crippen LogP contribution in [0.2, 0.25) is 0 Å². The first-order valence-corrected chi connectivity index (χ1v) is 10.2. The number of nitrogens with two attached hydrogens (primary N) is 1.